The Labute approximate surface area is 142 Å². The number of hydrogen-bond donors (Lipinski definition) is 2. The van der Waals surface area contributed by atoms with Crippen molar-refractivity contribution in [1.29, 1.82) is 0 Å². The number of aliphatic hydroxyl groups is 1. The topological polar surface area (TPSA) is 69.5 Å². The number of aryl methyl sites for hydroxylation is 1. The number of hydrogen-bond acceptors (Lipinski definition) is 5. The van der Waals surface area contributed by atoms with E-state index in [-0.39, 0.29) is 11.7 Å². The summed E-state index contributed by atoms with van der Waals surface area (Å²) in [5.41, 5.74) is 0.883. The van der Waals surface area contributed by atoms with Crippen molar-refractivity contribution in [2.75, 3.05) is 18.0 Å². The first-order valence-electron chi connectivity index (χ1n) is 8.59. The summed E-state index contributed by atoms with van der Waals surface area (Å²) in [5, 5.41) is 21.1. The SMILES string of the molecule is Cc1cc(N2C[C@@H](C)[C@](O)(C3CC3)C2)nc(-c2ccccc2O)n1. The molecule has 1 aromatic carbocycles. The van der Waals surface area contributed by atoms with Crippen LogP contribution in [0, 0.1) is 18.8 Å². The first kappa shape index (κ1) is 15.4. The van der Waals surface area contributed by atoms with Crippen molar-refractivity contribution in [2.24, 2.45) is 11.8 Å². The number of aromatic hydroxyl groups is 1. The van der Waals surface area contributed by atoms with Gasteiger partial charge >= 0.3 is 0 Å². The standard InChI is InChI=1S/C19H23N3O2/c1-12-10-22(11-19(12,24)14-7-8-14)17-9-13(2)20-18(21-17)15-5-3-4-6-16(15)23/h3-6,9,12,14,23-24H,7-8,10-11H2,1-2H3/t12-,19+/m1/s1. The lowest BCUT2D eigenvalue weighted by Gasteiger charge is -2.26. The highest BCUT2D eigenvalue weighted by Gasteiger charge is 2.52. The lowest BCUT2D eigenvalue weighted by atomic mass is 9.88. The summed E-state index contributed by atoms with van der Waals surface area (Å²) < 4.78 is 0. The Morgan fingerprint density at radius 1 is 1.21 bits per heavy atom. The average molecular weight is 325 g/mol. The van der Waals surface area contributed by atoms with Crippen LogP contribution in [0.1, 0.15) is 25.5 Å². The van der Waals surface area contributed by atoms with Crippen LogP contribution < -0.4 is 4.90 Å². The molecule has 0 spiro atoms. The maximum atomic E-state index is 11.0. The molecule has 2 fully saturated rings. The quantitative estimate of drug-likeness (QED) is 0.908. The van der Waals surface area contributed by atoms with Gasteiger partial charge in [0.1, 0.15) is 11.6 Å². The molecule has 1 saturated carbocycles. The number of β-amino-alcohol motifs (C(OH)–C–C–N with tert-alkyl or cyclic N) is 1. The smallest absolute Gasteiger partial charge is 0.165 e. The number of anilines is 1. The summed E-state index contributed by atoms with van der Waals surface area (Å²) in [7, 11) is 0. The van der Waals surface area contributed by atoms with E-state index in [1.807, 2.05) is 25.1 Å². The molecule has 2 heterocycles. The van der Waals surface area contributed by atoms with Crippen molar-refractivity contribution in [3.8, 4) is 17.1 Å². The summed E-state index contributed by atoms with van der Waals surface area (Å²) in [6, 6.07) is 9.07. The zero-order valence-corrected chi connectivity index (χ0v) is 14.1. The van der Waals surface area contributed by atoms with Gasteiger partial charge < -0.3 is 15.1 Å². The van der Waals surface area contributed by atoms with Gasteiger partial charge in [-0.3, -0.25) is 0 Å². The maximum Gasteiger partial charge on any atom is 0.165 e. The Kier molecular flexibility index (Phi) is 3.49. The van der Waals surface area contributed by atoms with Crippen LogP contribution in [0.5, 0.6) is 5.75 Å². The van der Waals surface area contributed by atoms with Crippen LogP contribution in [0.25, 0.3) is 11.4 Å². The van der Waals surface area contributed by atoms with Gasteiger partial charge in [0.05, 0.1) is 11.2 Å². The van der Waals surface area contributed by atoms with E-state index in [4.69, 9.17) is 0 Å². The van der Waals surface area contributed by atoms with E-state index in [0.717, 1.165) is 30.9 Å². The second-order valence-corrected chi connectivity index (χ2v) is 7.26. The summed E-state index contributed by atoms with van der Waals surface area (Å²) >= 11 is 0. The van der Waals surface area contributed by atoms with Gasteiger partial charge in [-0.25, -0.2) is 9.97 Å². The number of rotatable bonds is 3. The predicted molar refractivity (Wildman–Crippen MR) is 92.9 cm³/mol. The molecule has 2 aliphatic rings. The molecule has 0 radical (unpaired) electrons. The third-order valence-electron chi connectivity index (χ3n) is 5.39. The van der Waals surface area contributed by atoms with Crippen LogP contribution in [0.15, 0.2) is 30.3 Å². The van der Waals surface area contributed by atoms with Crippen molar-refractivity contribution >= 4 is 5.82 Å². The minimum atomic E-state index is -0.603. The number of benzene rings is 1. The van der Waals surface area contributed by atoms with Crippen LogP contribution in [0.4, 0.5) is 5.82 Å². The second-order valence-electron chi connectivity index (χ2n) is 7.26. The zero-order chi connectivity index (χ0) is 16.9. The van der Waals surface area contributed by atoms with E-state index in [1.54, 1.807) is 12.1 Å². The molecule has 1 aromatic heterocycles. The highest BCUT2D eigenvalue weighted by Crippen LogP contribution is 2.47. The Balaban J connectivity index is 1.69. The van der Waals surface area contributed by atoms with Gasteiger partial charge in [-0.15, -0.1) is 0 Å². The predicted octanol–water partition coefficient (Wildman–Crippen LogP) is 2.75. The fourth-order valence-corrected chi connectivity index (χ4v) is 3.80. The number of para-hydroxylation sites is 1. The average Bonchev–Trinajstić information content (AvgIpc) is 3.35. The lowest BCUT2D eigenvalue weighted by Crippen LogP contribution is -2.39. The van der Waals surface area contributed by atoms with Gasteiger partial charge in [0.25, 0.3) is 0 Å². The molecule has 0 unspecified atom stereocenters. The first-order chi connectivity index (χ1) is 11.5. The van der Waals surface area contributed by atoms with E-state index >= 15 is 0 Å². The molecular formula is C19H23N3O2. The van der Waals surface area contributed by atoms with Crippen LogP contribution in [-0.2, 0) is 0 Å². The molecule has 4 rings (SSSR count). The Hall–Kier alpha value is -2.14. The molecule has 2 atom stereocenters. The lowest BCUT2D eigenvalue weighted by molar-refractivity contribution is 0.00281. The molecule has 5 nitrogen and oxygen atoms in total. The minimum absolute atomic E-state index is 0.179. The van der Waals surface area contributed by atoms with Crippen LogP contribution >= 0.6 is 0 Å². The van der Waals surface area contributed by atoms with Crippen molar-refractivity contribution in [3.63, 3.8) is 0 Å². The number of nitrogens with zero attached hydrogens (tertiary/aromatic N) is 3. The minimum Gasteiger partial charge on any atom is -0.507 e. The normalized spacial score (nSPS) is 26.8. The fourth-order valence-electron chi connectivity index (χ4n) is 3.80. The monoisotopic (exact) mass is 325 g/mol. The highest BCUT2D eigenvalue weighted by molar-refractivity contribution is 5.65. The fraction of sp³-hybridized carbons (Fsp3) is 0.474. The van der Waals surface area contributed by atoms with E-state index in [2.05, 4.69) is 21.8 Å². The molecule has 1 aliphatic carbocycles. The Morgan fingerprint density at radius 3 is 2.67 bits per heavy atom. The third kappa shape index (κ3) is 2.53. The van der Waals surface area contributed by atoms with Gasteiger partial charge in [-0.2, -0.15) is 0 Å². The van der Waals surface area contributed by atoms with Crippen molar-refractivity contribution in [2.45, 2.75) is 32.3 Å². The van der Waals surface area contributed by atoms with Crippen LogP contribution in [-0.4, -0.2) is 38.9 Å². The molecular weight excluding hydrogens is 302 g/mol. The van der Waals surface area contributed by atoms with Gasteiger partial charge in [0.2, 0.25) is 0 Å². The van der Waals surface area contributed by atoms with E-state index < -0.39 is 5.60 Å². The van der Waals surface area contributed by atoms with E-state index in [1.165, 1.54) is 0 Å². The molecule has 1 aliphatic heterocycles. The molecule has 0 bridgehead atoms. The Morgan fingerprint density at radius 2 is 1.96 bits per heavy atom. The molecule has 2 aromatic rings. The van der Waals surface area contributed by atoms with E-state index in [9.17, 15) is 10.2 Å². The van der Waals surface area contributed by atoms with Crippen molar-refractivity contribution in [3.05, 3.63) is 36.0 Å². The van der Waals surface area contributed by atoms with Crippen LogP contribution in [0.2, 0.25) is 0 Å². The Bertz CT molecular complexity index is 775. The van der Waals surface area contributed by atoms with Crippen molar-refractivity contribution < 1.29 is 10.2 Å². The van der Waals surface area contributed by atoms with Gasteiger partial charge in [-0.1, -0.05) is 19.1 Å². The number of phenols is 1. The third-order valence-corrected chi connectivity index (χ3v) is 5.39. The summed E-state index contributed by atoms with van der Waals surface area (Å²) in [5.74, 6) is 2.19. The van der Waals surface area contributed by atoms with E-state index in [0.29, 0.717) is 23.9 Å². The molecule has 5 heteroatoms. The first-order valence-corrected chi connectivity index (χ1v) is 8.59. The summed E-state index contributed by atoms with van der Waals surface area (Å²) in [4.78, 5) is 11.3. The molecule has 1 saturated heterocycles. The van der Waals surface area contributed by atoms with Gasteiger partial charge in [0, 0.05) is 30.8 Å². The molecule has 0 amide bonds. The number of phenolic OH excluding ortho intramolecular Hbond substituents is 1. The molecule has 24 heavy (non-hydrogen) atoms. The highest BCUT2D eigenvalue weighted by atomic mass is 16.3. The van der Waals surface area contributed by atoms with Crippen LogP contribution in [0.3, 0.4) is 0 Å². The summed E-state index contributed by atoms with van der Waals surface area (Å²) in [6.07, 6.45) is 2.25. The second kappa shape index (κ2) is 5.45. The maximum absolute atomic E-state index is 11.0. The largest absolute Gasteiger partial charge is 0.507 e. The van der Waals surface area contributed by atoms with Gasteiger partial charge in [0.15, 0.2) is 5.82 Å². The molecule has 126 valence electrons. The summed E-state index contributed by atoms with van der Waals surface area (Å²) in [6.45, 7) is 5.47. The molecule has 2 N–H and O–H groups in total. The number of aromatic nitrogens is 2. The van der Waals surface area contributed by atoms with Gasteiger partial charge in [-0.05, 0) is 37.8 Å². The zero-order valence-electron chi connectivity index (χ0n) is 14.1. The van der Waals surface area contributed by atoms with Crippen molar-refractivity contribution in [1.82, 2.24) is 9.97 Å².